The molecule has 2 N–H and O–H groups in total. The van der Waals surface area contributed by atoms with Gasteiger partial charge in [-0.3, -0.25) is 9.59 Å². The van der Waals surface area contributed by atoms with Gasteiger partial charge in [-0.25, -0.2) is 0 Å². The smallest absolute Gasteiger partial charge is 0.284 e. The minimum absolute atomic E-state index is 0. The molecule has 0 saturated carbocycles. The number of hydrogen-bond acceptors (Lipinski definition) is 2. The first kappa shape index (κ1) is 21.2. The van der Waals surface area contributed by atoms with Crippen LogP contribution < -0.4 is 26.9 Å². The fraction of sp³-hybridized carbons (Fsp3) is 0.240. The highest BCUT2D eigenvalue weighted by molar-refractivity contribution is 6.20. The van der Waals surface area contributed by atoms with Crippen LogP contribution in [0.2, 0.25) is 0 Å². The van der Waals surface area contributed by atoms with Gasteiger partial charge in [0.15, 0.2) is 6.20 Å². The molecule has 6 heteroatoms. The molecular weight excluding hydrogens is 454 g/mol. The normalized spacial score (nSPS) is 12.0. The number of carbonyl (C=O) groups is 2. The molecule has 0 fully saturated rings. The largest absolute Gasteiger partial charge is 1.00 e. The molecule has 0 aliphatic carbocycles. The fourth-order valence-corrected chi connectivity index (χ4v) is 4.34. The number of pyridine rings is 1. The summed E-state index contributed by atoms with van der Waals surface area (Å²) >= 11 is 0. The molecule has 0 radical (unpaired) electrons. The van der Waals surface area contributed by atoms with E-state index in [4.69, 9.17) is 0 Å². The number of hydrogen-bond donors (Lipinski definition) is 2. The van der Waals surface area contributed by atoms with Crippen LogP contribution in [0.1, 0.15) is 59.0 Å². The van der Waals surface area contributed by atoms with Gasteiger partial charge in [-0.1, -0.05) is 38.3 Å². The van der Waals surface area contributed by atoms with Crippen LogP contribution in [-0.4, -0.2) is 23.2 Å². The summed E-state index contributed by atoms with van der Waals surface area (Å²) < 4.78 is 1.94. The quantitative estimate of drug-likeness (QED) is 0.287. The number of carbonyl (C=O) groups excluding carboxylic acids is 2. The van der Waals surface area contributed by atoms with E-state index in [1.54, 1.807) is 0 Å². The van der Waals surface area contributed by atoms with Crippen LogP contribution in [0.3, 0.4) is 0 Å². The summed E-state index contributed by atoms with van der Waals surface area (Å²) in [5.41, 5.74) is 4.63. The predicted octanol–water partition coefficient (Wildman–Crippen LogP) is 1.46. The molecule has 1 aliphatic heterocycles. The van der Waals surface area contributed by atoms with Crippen molar-refractivity contribution >= 4 is 33.5 Å². The Morgan fingerprint density at radius 2 is 1.87 bits per heavy atom. The minimum atomic E-state index is -0.0539. The number of para-hydroxylation sites is 1. The van der Waals surface area contributed by atoms with Crippen LogP contribution in [0.25, 0.3) is 27.5 Å². The number of benzene rings is 2. The Balaban J connectivity index is 0.00000231. The third-order valence-corrected chi connectivity index (χ3v) is 5.91. The molecule has 4 aromatic rings. The van der Waals surface area contributed by atoms with Crippen molar-refractivity contribution in [1.29, 1.82) is 0 Å². The Kier molecular flexibility index (Phi) is 5.92. The molecule has 31 heavy (non-hydrogen) atoms. The van der Waals surface area contributed by atoms with E-state index in [2.05, 4.69) is 17.2 Å². The summed E-state index contributed by atoms with van der Waals surface area (Å²) in [7, 11) is 0. The van der Waals surface area contributed by atoms with E-state index >= 15 is 0 Å². The molecule has 5 nitrogen and oxygen atoms in total. The van der Waals surface area contributed by atoms with Gasteiger partial charge >= 0.3 is 0 Å². The van der Waals surface area contributed by atoms with Crippen molar-refractivity contribution in [2.45, 2.75) is 32.6 Å². The number of nitrogens with zero attached hydrogens (tertiary/aromatic N) is 1. The van der Waals surface area contributed by atoms with Crippen molar-refractivity contribution in [2.75, 3.05) is 6.54 Å². The average molecular weight is 478 g/mol. The second-order valence-corrected chi connectivity index (χ2v) is 7.87. The van der Waals surface area contributed by atoms with Gasteiger partial charge in [-0.05, 0) is 30.7 Å². The van der Waals surface area contributed by atoms with Crippen molar-refractivity contribution in [3.8, 4) is 5.69 Å². The Bertz CT molecular complexity index is 1310. The van der Waals surface area contributed by atoms with Crippen molar-refractivity contribution in [2.24, 2.45) is 0 Å². The molecule has 0 unspecified atom stereocenters. The second-order valence-electron chi connectivity index (χ2n) is 7.87. The van der Waals surface area contributed by atoms with E-state index in [1.165, 1.54) is 12.8 Å². The molecule has 158 valence electrons. The summed E-state index contributed by atoms with van der Waals surface area (Å²) in [6, 6.07) is 15.3. The predicted molar refractivity (Wildman–Crippen MR) is 117 cm³/mol. The summed E-state index contributed by atoms with van der Waals surface area (Å²) in [5, 5.41) is 4.92. The lowest BCUT2D eigenvalue weighted by Crippen LogP contribution is -3.00. The van der Waals surface area contributed by atoms with Crippen LogP contribution in [0, 0.1) is 0 Å². The molecule has 0 bridgehead atoms. The number of rotatable bonds is 6. The molecule has 1 aliphatic rings. The van der Waals surface area contributed by atoms with Gasteiger partial charge in [-0.2, -0.15) is 4.57 Å². The minimum Gasteiger partial charge on any atom is -1.00 e. The number of aromatic nitrogens is 2. The van der Waals surface area contributed by atoms with E-state index in [-0.39, 0.29) is 28.7 Å². The van der Waals surface area contributed by atoms with E-state index in [1.807, 2.05) is 59.3 Å². The lowest BCUT2D eigenvalue weighted by Gasteiger charge is -2.05. The van der Waals surface area contributed by atoms with Crippen LogP contribution >= 0.6 is 0 Å². The van der Waals surface area contributed by atoms with E-state index in [0.717, 1.165) is 40.3 Å². The van der Waals surface area contributed by atoms with Crippen LogP contribution in [0.4, 0.5) is 0 Å². The number of aromatic amines is 1. The Morgan fingerprint density at radius 1 is 1.03 bits per heavy atom. The zero-order chi connectivity index (χ0) is 20.7. The van der Waals surface area contributed by atoms with Crippen LogP contribution in [0.5, 0.6) is 0 Å². The first-order valence-corrected chi connectivity index (χ1v) is 10.6. The highest BCUT2D eigenvalue weighted by Crippen LogP contribution is 2.31. The highest BCUT2D eigenvalue weighted by Gasteiger charge is 2.37. The van der Waals surface area contributed by atoms with Gasteiger partial charge in [0.1, 0.15) is 11.1 Å². The topological polar surface area (TPSA) is 65.8 Å². The summed E-state index contributed by atoms with van der Waals surface area (Å²) in [6.45, 7) is 2.87. The average Bonchev–Trinajstić information content (AvgIpc) is 3.29. The first-order chi connectivity index (χ1) is 14.7. The number of unbranched alkanes of at least 4 members (excludes halogenated alkanes) is 3. The Morgan fingerprint density at radius 3 is 2.71 bits per heavy atom. The fourth-order valence-electron chi connectivity index (χ4n) is 4.34. The molecule has 0 saturated heterocycles. The maximum Gasteiger partial charge on any atom is 0.284 e. The highest BCUT2D eigenvalue weighted by atomic mass is 79.9. The summed E-state index contributed by atoms with van der Waals surface area (Å²) in [4.78, 5) is 29.0. The van der Waals surface area contributed by atoms with E-state index < -0.39 is 0 Å². The van der Waals surface area contributed by atoms with Crippen LogP contribution in [-0.2, 0) is 0 Å². The Labute approximate surface area is 191 Å². The lowest BCUT2D eigenvalue weighted by molar-refractivity contribution is -0.592. The standard InChI is InChI=1S/C25H23N3O2.BrH/c1-2-3-4-7-13-26-25(30)16-10-11-20-19(15-16)17-12-14-28-21-9-6-5-8-18(21)24(29)23(28)22(17)27-20;/h5-6,8-12,14-15H,2-4,7,13H2,1H3,(H,26,30);1H. The van der Waals surface area contributed by atoms with E-state index in [9.17, 15) is 9.59 Å². The summed E-state index contributed by atoms with van der Waals surface area (Å²) in [6.07, 6.45) is 6.45. The van der Waals surface area contributed by atoms with Gasteiger partial charge in [0.05, 0.1) is 0 Å². The van der Waals surface area contributed by atoms with Crippen molar-refractivity contribution < 1.29 is 31.1 Å². The maximum atomic E-state index is 13.0. The first-order valence-electron chi connectivity index (χ1n) is 10.6. The maximum absolute atomic E-state index is 13.0. The molecule has 2 aromatic carbocycles. The Hall–Kier alpha value is -2.99. The van der Waals surface area contributed by atoms with Crippen molar-refractivity contribution in [1.82, 2.24) is 10.3 Å². The monoisotopic (exact) mass is 477 g/mol. The number of halogens is 1. The van der Waals surface area contributed by atoms with Gasteiger partial charge < -0.3 is 27.3 Å². The molecule has 1 amide bonds. The molecule has 2 aromatic heterocycles. The molecule has 0 spiro atoms. The second kappa shape index (κ2) is 8.63. The van der Waals surface area contributed by atoms with Gasteiger partial charge in [0, 0.05) is 40.5 Å². The van der Waals surface area contributed by atoms with Crippen molar-refractivity contribution in [3.63, 3.8) is 0 Å². The number of ketones is 1. The van der Waals surface area contributed by atoms with Gasteiger partial charge in [0.25, 0.3) is 17.4 Å². The van der Waals surface area contributed by atoms with E-state index in [0.29, 0.717) is 23.4 Å². The third kappa shape index (κ3) is 3.55. The molecule has 0 atom stereocenters. The zero-order valence-corrected chi connectivity index (χ0v) is 19.0. The number of fused-ring (bicyclic) bond motifs is 7. The van der Waals surface area contributed by atoms with Crippen LogP contribution in [0.15, 0.2) is 54.7 Å². The number of amides is 1. The van der Waals surface area contributed by atoms with Crippen molar-refractivity contribution in [3.05, 3.63) is 71.5 Å². The number of H-pyrrole nitrogens is 1. The molecule has 3 heterocycles. The molecular formula is C25H24BrN3O2. The lowest BCUT2D eigenvalue weighted by atomic mass is 10.1. The van der Waals surface area contributed by atoms with Gasteiger partial charge in [-0.15, -0.1) is 0 Å². The third-order valence-electron chi connectivity index (χ3n) is 5.91. The zero-order valence-electron chi connectivity index (χ0n) is 17.4. The van der Waals surface area contributed by atoms with Gasteiger partial charge in [0.2, 0.25) is 5.69 Å². The number of nitrogens with one attached hydrogen (secondary N) is 2. The summed E-state index contributed by atoms with van der Waals surface area (Å²) in [5.74, 6) is -0.0328. The SMILES string of the molecule is CCCCCCNC(=O)c1ccc2[nH]c3c4[n+](ccc3c2c1)-c1ccccc1C4=O.[Br-]. The molecule has 5 rings (SSSR count).